The number of methoxy groups -OCH3 is 1. The number of aromatic nitrogens is 2. The summed E-state index contributed by atoms with van der Waals surface area (Å²) in [7, 11) is 3.45. The van der Waals surface area contributed by atoms with Gasteiger partial charge in [-0.3, -0.25) is 9.69 Å². The van der Waals surface area contributed by atoms with Gasteiger partial charge in [-0.05, 0) is 57.6 Å². The summed E-state index contributed by atoms with van der Waals surface area (Å²) in [6.45, 7) is 5.63. The normalized spacial score (nSPS) is 16.4. The number of carbonyl (C=O) groups excluding carboxylic acids is 1. The van der Waals surface area contributed by atoms with Gasteiger partial charge in [-0.25, -0.2) is 4.63 Å². The molecule has 1 aromatic carbocycles. The molecule has 0 saturated carbocycles. The molecule has 0 aliphatic carbocycles. The molecule has 0 bridgehead atoms. The van der Waals surface area contributed by atoms with Crippen molar-refractivity contribution in [2.75, 3.05) is 40.4 Å². The molecule has 1 fully saturated rings. The van der Waals surface area contributed by atoms with Crippen LogP contribution >= 0.6 is 0 Å². The van der Waals surface area contributed by atoms with E-state index in [9.17, 15) is 9.90 Å². The molecular formula is C22H32N4O5. The van der Waals surface area contributed by atoms with Crippen molar-refractivity contribution in [1.82, 2.24) is 20.1 Å². The Balaban J connectivity index is 1.37. The zero-order valence-electron chi connectivity index (χ0n) is 18.5. The average molecular weight is 433 g/mol. The second kappa shape index (κ2) is 11.2. The van der Waals surface area contributed by atoms with Crippen LogP contribution in [0.25, 0.3) is 0 Å². The number of likely N-dealkylation sites (tertiary alicyclic amines) is 1. The second-order valence-corrected chi connectivity index (χ2v) is 8.18. The minimum atomic E-state index is -0.584. The third-order valence-corrected chi connectivity index (χ3v) is 5.58. The number of ether oxygens (including phenoxy) is 2. The van der Waals surface area contributed by atoms with Crippen molar-refractivity contribution in [2.24, 2.45) is 5.92 Å². The summed E-state index contributed by atoms with van der Waals surface area (Å²) in [5.41, 5.74) is 2.80. The number of rotatable bonds is 10. The molecule has 3 rings (SSSR count). The first kappa shape index (κ1) is 23.2. The zero-order valence-corrected chi connectivity index (χ0v) is 18.5. The SMILES string of the molecule is COC(=O)C1CCN(CC(O)COc2ccc(CN(C)Cc3nonc3C)cc2)CC1. The second-order valence-electron chi connectivity index (χ2n) is 8.18. The highest BCUT2D eigenvalue weighted by Gasteiger charge is 2.26. The number of esters is 1. The van der Waals surface area contributed by atoms with Crippen LogP contribution in [0.2, 0.25) is 0 Å². The van der Waals surface area contributed by atoms with E-state index in [-0.39, 0.29) is 18.5 Å². The van der Waals surface area contributed by atoms with E-state index in [1.54, 1.807) is 0 Å². The minimum absolute atomic E-state index is 0.0242. The van der Waals surface area contributed by atoms with Gasteiger partial charge in [0.05, 0.1) is 13.0 Å². The van der Waals surface area contributed by atoms with Gasteiger partial charge in [-0.2, -0.15) is 0 Å². The van der Waals surface area contributed by atoms with Crippen LogP contribution in [0.1, 0.15) is 29.8 Å². The molecule has 2 heterocycles. The number of piperidine rings is 1. The molecule has 1 atom stereocenters. The number of aliphatic hydroxyl groups is 1. The first-order valence-electron chi connectivity index (χ1n) is 10.6. The predicted molar refractivity (Wildman–Crippen MR) is 113 cm³/mol. The van der Waals surface area contributed by atoms with Gasteiger partial charge >= 0.3 is 5.97 Å². The van der Waals surface area contributed by atoms with Crippen LogP contribution in [-0.4, -0.2) is 77.7 Å². The Morgan fingerprint density at radius 2 is 1.97 bits per heavy atom. The minimum Gasteiger partial charge on any atom is -0.491 e. The zero-order chi connectivity index (χ0) is 22.2. The first-order valence-corrected chi connectivity index (χ1v) is 10.6. The van der Waals surface area contributed by atoms with Gasteiger partial charge in [0, 0.05) is 19.6 Å². The molecule has 0 radical (unpaired) electrons. The highest BCUT2D eigenvalue weighted by molar-refractivity contribution is 5.72. The van der Waals surface area contributed by atoms with E-state index in [2.05, 4.69) is 20.1 Å². The summed E-state index contributed by atoms with van der Waals surface area (Å²) in [5.74, 6) is 0.568. The summed E-state index contributed by atoms with van der Waals surface area (Å²) in [6.07, 6.45) is 0.950. The standard InChI is InChI=1S/C22H32N4O5/c1-16-21(24-31-23-16)14-25(2)12-17-4-6-20(7-5-17)30-15-19(27)13-26-10-8-18(9-11-26)22(28)29-3/h4-7,18-19,27H,8-15H2,1-3H3. The molecule has 9 nitrogen and oxygen atoms in total. The molecule has 1 N–H and O–H groups in total. The molecule has 1 aliphatic heterocycles. The van der Waals surface area contributed by atoms with Crippen molar-refractivity contribution in [2.45, 2.75) is 39.0 Å². The highest BCUT2D eigenvalue weighted by Crippen LogP contribution is 2.19. The molecule has 31 heavy (non-hydrogen) atoms. The number of carbonyl (C=O) groups is 1. The monoisotopic (exact) mass is 432 g/mol. The Morgan fingerprint density at radius 3 is 2.58 bits per heavy atom. The van der Waals surface area contributed by atoms with E-state index in [1.807, 2.05) is 38.2 Å². The molecule has 9 heteroatoms. The molecule has 1 aliphatic rings. The summed E-state index contributed by atoms with van der Waals surface area (Å²) >= 11 is 0. The predicted octanol–water partition coefficient (Wildman–Crippen LogP) is 1.63. The maximum Gasteiger partial charge on any atom is 0.308 e. The number of benzene rings is 1. The fourth-order valence-corrected chi connectivity index (χ4v) is 3.77. The van der Waals surface area contributed by atoms with Crippen LogP contribution in [0.4, 0.5) is 0 Å². The fourth-order valence-electron chi connectivity index (χ4n) is 3.77. The molecular weight excluding hydrogens is 400 g/mol. The lowest BCUT2D eigenvalue weighted by Crippen LogP contribution is -2.42. The molecule has 2 aromatic rings. The van der Waals surface area contributed by atoms with Crippen LogP contribution in [0, 0.1) is 12.8 Å². The average Bonchev–Trinajstić information content (AvgIpc) is 3.17. The van der Waals surface area contributed by atoms with E-state index < -0.39 is 6.10 Å². The Kier molecular flexibility index (Phi) is 8.39. The van der Waals surface area contributed by atoms with Gasteiger partial charge in [0.25, 0.3) is 0 Å². The number of hydrogen-bond donors (Lipinski definition) is 1. The van der Waals surface area contributed by atoms with Crippen LogP contribution in [0.15, 0.2) is 28.9 Å². The number of aliphatic hydroxyl groups excluding tert-OH is 1. The number of aryl methyl sites for hydroxylation is 1. The van der Waals surface area contributed by atoms with E-state index in [4.69, 9.17) is 14.1 Å². The molecule has 0 spiro atoms. The third kappa shape index (κ3) is 7.02. The Morgan fingerprint density at radius 1 is 1.26 bits per heavy atom. The fraction of sp³-hybridized carbons (Fsp3) is 0.591. The molecule has 1 aromatic heterocycles. The van der Waals surface area contributed by atoms with E-state index in [0.29, 0.717) is 13.1 Å². The summed E-state index contributed by atoms with van der Waals surface area (Å²) in [6, 6.07) is 7.87. The highest BCUT2D eigenvalue weighted by atomic mass is 16.6. The van der Waals surface area contributed by atoms with Gasteiger partial charge in [-0.1, -0.05) is 22.4 Å². The lowest BCUT2D eigenvalue weighted by atomic mass is 9.97. The van der Waals surface area contributed by atoms with E-state index in [1.165, 1.54) is 7.11 Å². The smallest absolute Gasteiger partial charge is 0.308 e. The Hall–Kier alpha value is -2.49. The van der Waals surface area contributed by atoms with Crippen molar-refractivity contribution < 1.29 is 24.0 Å². The van der Waals surface area contributed by atoms with Crippen LogP contribution in [0.5, 0.6) is 5.75 Å². The number of nitrogens with zero attached hydrogens (tertiary/aromatic N) is 4. The van der Waals surface area contributed by atoms with Crippen molar-refractivity contribution in [1.29, 1.82) is 0 Å². The lowest BCUT2D eigenvalue weighted by Gasteiger charge is -2.31. The lowest BCUT2D eigenvalue weighted by molar-refractivity contribution is -0.147. The number of hydrogen-bond acceptors (Lipinski definition) is 9. The van der Waals surface area contributed by atoms with E-state index >= 15 is 0 Å². The van der Waals surface area contributed by atoms with Crippen molar-refractivity contribution in [3.05, 3.63) is 41.2 Å². The Bertz CT molecular complexity index is 818. The number of β-amino-alcohol motifs (C(OH)–C–C–N with tert-alkyl or cyclic N) is 1. The maximum absolute atomic E-state index is 11.6. The van der Waals surface area contributed by atoms with Crippen molar-refractivity contribution in [3.63, 3.8) is 0 Å². The largest absolute Gasteiger partial charge is 0.491 e. The molecule has 1 unspecified atom stereocenters. The molecule has 170 valence electrons. The van der Waals surface area contributed by atoms with Crippen LogP contribution in [0.3, 0.4) is 0 Å². The van der Waals surface area contributed by atoms with Crippen molar-refractivity contribution >= 4 is 5.97 Å². The van der Waals surface area contributed by atoms with Gasteiger partial charge in [0.1, 0.15) is 29.8 Å². The first-order chi connectivity index (χ1) is 14.9. The van der Waals surface area contributed by atoms with E-state index in [0.717, 1.165) is 55.2 Å². The Labute approximate surface area is 182 Å². The third-order valence-electron chi connectivity index (χ3n) is 5.58. The van der Waals surface area contributed by atoms with Gasteiger partial charge in [0.15, 0.2) is 0 Å². The van der Waals surface area contributed by atoms with Crippen LogP contribution in [-0.2, 0) is 22.6 Å². The van der Waals surface area contributed by atoms with Gasteiger partial charge in [-0.15, -0.1) is 0 Å². The van der Waals surface area contributed by atoms with Gasteiger partial charge in [0.2, 0.25) is 0 Å². The summed E-state index contributed by atoms with van der Waals surface area (Å²) < 4.78 is 15.3. The summed E-state index contributed by atoms with van der Waals surface area (Å²) in [5, 5.41) is 18.0. The quantitative estimate of drug-likeness (QED) is 0.561. The van der Waals surface area contributed by atoms with Crippen molar-refractivity contribution in [3.8, 4) is 5.75 Å². The molecule has 0 amide bonds. The van der Waals surface area contributed by atoms with Gasteiger partial charge < -0.3 is 19.5 Å². The summed E-state index contributed by atoms with van der Waals surface area (Å²) in [4.78, 5) is 15.9. The topological polar surface area (TPSA) is 101 Å². The maximum atomic E-state index is 11.6. The van der Waals surface area contributed by atoms with Crippen LogP contribution < -0.4 is 4.74 Å². The molecule has 1 saturated heterocycles.